The van der Waals surface area contributed by atoms with Crippen LogP contribution in [0.2, 0.25) is 0 Å². The molecule has 0 aliphatic carbocycles. The van der Waals surface area contributed by atoms with Gasteiger partial charge in [-0.3, -0.25) is 9.59 Å². The van der Waals surface area contributed by atoms with Crippen molar-refractivity contribution >= 4 is 23.6 Å². The summed E-state index contributed by atoms with van der Waals surface area (Å²) in [4.78, 5) is 22.4. The van der Waals surface area contributed by atoms with E-state index in [1.807, 2.05) is 11.8 Å². The Bertz CT molecular complexity index is 259. The molecule has 2 atom stereocenters. The summed E-state index contributed by atoms with van der Waals surface area (Å²) < 4.78 is 0. The van der Waals surface area contributed by atoms with Crippen LogP contribution in [0.4, 0.5) is 0 Å². The minimum atomic E-state index is -0.922. The van der Waals surface area contributed by atoms with Crippen LogP contribution in [0.1, 0.15) is 39.5 Å². The Balaban J connectivity index is 3.61. The van der Waals surface area contributed by atoms with Gasteiger partial charge in [-0.05, 0) is 24.9 Å². The lowest BCUT2D eigenvalue weighted by molar-refractivity contribution is -0.146. The van der Waals surface area contributed by atoms with Gasteiger partial charge >= 0.3 is 5.97 Å². The highest BCUT2D eigenvalue weighted by molar-refractivity contribution is 7.98. The predicted octanol–water partition coefficient (Wildman–Crippen LogP) is 2.38. The quantitative estimate of drug-likeness (QED) is 0.601. The molecule has 0 aromatic carbocycles. The van der Waals surface area contributed by atoms with E-state index in [9.17, 15) is 9.59 Å². The number of thioether (sulfide) groups is 1. The molecule has 0 saturated carbocycles. The Morgan fingerprint density at radius 1 is 1.11 bits per heavy atom. The van der Waals surface area contributed by atoms with Gasteiger partial charge in [0.25, 0.3) is 0 Å². The van der Waals surface area contributed by atoms with Crippen molar-refractivity contribution in [1.29, 1.82) is 0 Å². The van der Waals surface area contributed by atoms with Crippen molar-refractivity contribution in [3.8, 4) is 0 Å². The monoisotopic (exact) mass is 275 g/mol. The van der Waals surface area contributed by atoms with E-state index in [1.54, 1.807) is 13.8 Å². The van der Waals surface area contributed by atoms with E-state index in [-0.39, 0.29) is 5.91 Å². The zero-order valence-electron chi connectivity index (χ0n) is 11.6. The maximum absolute atomic E-state index is 11.6. The zero-order valence-corrected chi connectivity index (χ0v) is 12.4. The molecule has 2 N–H and O–H groups in total. The first-order valence-electron chi connectivity index (χ1n) is 6.50. The minimum absolute atomic E-state index is 0.158. The smallest absolute Gasteiger partial charge is 0.307 e. The third-order valence-electron chi connectivity index (χ3n) is 3.13. The molecular formula is C13H25NO3S. The van der Waals surface area contributed by atoms with Gasteiger partial charge in [-0.1, -0.05) is 26.7 Å². The molecule has 4 nitrogen and oxygen atoms in total. The average Bonchev–Trinajstić information content (AvgIpc) is 2.35. The van der Waals surface area contributed by atoms with Crippen LogP contribution in [0.25, 0.3) is 0 Å². The molecule has 0 bridgehead atoms. The van der Waals surface area contributed by atoms with Crippen LogP contribution < -0.4 is 5.32 Å². The molecule has 0 aromatic rings. The van der Waals surface area contributed by atoms with E-state index >= 15 is 0 Å². The number of aliphatic carboxylic acids is 1. The number of nitrogens with one attached hydrogen (secondary N) is 1. The Hall–Kier alpha value is -0.710. The molecule has 0 fully saturated rings. The van der Waals surface area contributed by atoms with Gasteiger partial charge < -0.3 is 10.4 Å². The number of carboxylic acids is 1. The lowest BCUT2D eigenvalue weighted by atomic mass is 9.95. The second-order valence-corrected chi connectivity index (χ2v) is 5.60. The van der Waals surface area contributed by atoms with Gasteiger partial charge in [0.1, 0.15) is 0 Å². The van der Waals surface area contributed by atoms with Gasteiger partial charge in [0.05, 0.1) is 5.92 Å². The largest absolute Gasteiger partial charge is 0.481 e. The number of unbranched alkanes of at least 4 members (excludes halogenated alkanes) is 3. The van der Waals surface area contributed by atoms with E-state index < -0.39 is 17.8 Å². The molecular weight excluding hydrogens is 250 g/mol. The predicted molar refractivity (Wildman–Crippen MR) is 75.8 cm³/mol. The molecule has 0 spiro atoms. The number of carbonyl (C=O) groups excluding carboxylic acids is 1. The second-order valence-electron chi connectivity index (χ2n) is 4.61. The Labute approximate surface area is 114 Å². The summed E-state index contributed by atoms with van der Waals surface area (Å²) in [5.41, 5.74) is 0. The molecule has 2 unspecified atom stereocenters. The summed E-state index contributed by atoms with van der Waals surface area (Å²) >= 11 is 1.85. The fourth-order valence-corrected chi connectivity index (χ4v) is 2.03. The minimum Gasteiger partial charge on any atom is -0.481 e. The molecule has 5 heteroatoms. The van der Waals surface area contributed by atoms with Crippen LogP contribution in [-0.2, 0) is 9.59 Å². The Kier molecular flexibility index (Phi) is 9.83. The number of hydrogen-bond donors (Lipinski definition) is 2. The van der Waals surface area contributed by atoms with Crippen LogP contribution in [0.15, 0.2) is 0 Å². The van der Waals surface area contributed by atoms with Crippen molar-refractivity contribution in [1.82, 2.24) is 5.32 Å². The molecule has 0 heterocycles. The van der Waals surface area contributed by atoms with Gasteiger partial charge in [0.2, 0.25) is 5.91 Å². The summed E-state index contributed by atoms with van der Waals surface area (Å²) in [6.07, 6.45) is 6.60. The third kappa shape index (κ3) is 7.58. The van der Waals surface area contributed by atoms with Gasteiger partial charge in [0.15, 0.2) is 0 Å². The first kappa shape index (κ1) is 17.3. The van der Waals surface area contributed by atoms with Crippen molar-refractivity contribution in [3.63, 3.8) is 0 Å². The lowest BCUT2D eigenvalue weighted by Crippen LogP contribution is -2.35. The van der Waals surface area contributed by atoms with Gasteiger partial charge in [-0.25, -0.2) is 0 Å². The molecule has 0 radical (unpaired) electrons. The third-order valence-corrected chi connectivity index (χ3v) is 3.82. The van der Waals surface area contributed by atoms with E-state index in [4.69, 9.17) is 5.11 Å². The lowest BCUT2D eigenvalue weighted by Gasteiger charge is -2.15. The maximum atomic E-state index is 11.6. The molecule has 0 aliphatic heterocycles. The first-order chi connectivity index (χ1) is 8.50. The van der Waals surface area contributed by atoms with E-state index in [2.05, 4.69) is 11.6 Å². The summed E-state index contributed by atoms with van der Waals surface area (Å²) in [5, 5.41) is 11.6. The van der Waals surface area contributed by atoms with Crippen molar-refractivity contribution in [2.75, 3.05) is 18.6 Å². The van der Waals surface area contributed by atoms with Gasteiger partial charge in [-0.15, -0.1) is 0 Å². The molecule has 0 saturated heterocycles. The molecule has 106 valence electrons. The number of rotatable bonds is 10. The van der Waals surface area contributed by atoms with Crippen LogP contribution >= 0.6 is 11.8 Å². The van der Waals surface area contributed by atoms with Crippen LogP contribution in [-0.4, -0.2) is 35.5 Å². The van der Waals surface area contributed by atoms with Crippen molar-refractivity contribution in [2.24, 2.45) is 11.8 Å². The van der Waals surface area contributed by atoms with Gasteiger partial charge in [0, 0.05) is 12.5 Å². The number of hydrogen-bond acceptors (Lipinski definition) is 3. The second kappa shape index (κ2) is 10.2. The summed E-state index contributed by atoms with van der Waals surface area (Å²) in [6, 6.07) is 0. The highest BCUT2D eigenvalue weighted by Crippen LogP contribution is 2.11. The fraction of sp³-hybridized carbons (Fsp3) is 0.846. The van der Waals surface area contributed by atoms with Crippen molar-refractivity contribution < 1.29 is 14.7 Å². The first-order valence-corrected chi connectivity index (χ1v) is 7.89. The summed E-state index contributed by atoms with van der Waals surface area (Å²) in [6.45, 7) is 3.87. The van der Waals surface area contributed by atoms with E-state index in [0.717, 1.165) is 12.8 Å². The SMILES string of the molecule is CSCCCCCCNC(=O)C(C)C(C)C(=O)O. The standard InChI is InChI=1S/C13H25NO3S/c1-10(11(2)13(16)17)12(15)14-8-6-4-5-7-9-18-3/h10-11H,4-9H2,1-3H3,(H,14,15)(H,16,17). The van der Waals surface area contributed by atoms with Gasteiger partial charge in [-0.2, -0.15) is 11.8 Å². The number of amides is 1. The number of carbonyl (C=O) groups is 2. The van der Waals surface area contributed by atoms with Crippen molar-refractivity contribution in [2.45, 2.75) is 39.5 Å². The highest BCUT2D eigenvalue weighted by Gasteiger charge is 2.25. The molecule has 0 aliphatic rings. The average molecular weight is 275 g/mol. The molecule has 18 heavy (non-hydrogen) atoms. The van der Waals surface area contributed by atoms with Crippen LogP contribution in [0.5, 0.6) is 0 Å². The Morgan fingerprint density at radius 3 is 2.28 bits per heavy atom. The van der Waals surface area contributed by atoms with Crippen LogP contribution in [0, 0.1) is 11.8 Å². The molecule has 1 amide bonds. The molecule has 0 rings (SSSR count). The zero-order chi connectivity index (χ0) is 14.0. The van der Waals surface area contributed by atoms with E-state index in [1.165, 1.54) is 18.6 Å². The van der Waals surface area contributed by atoms with E-state index in [0.29, 0.717) is 6.54 Å². The highest BCUT2D eigenvalue weighted by atomic mass is 32.2. The Morgan fingerprint density at radius 2 is 1.72 bits per heavy atom. The topological polar surface area (TPSA) is 66.4 Å². The fourth-order valence-electron chi connectivity index (χ4n) is 1.54. The summed E-state index contributed by atoms with van der Waals surface area (Å²) in [7, 11) is 0. The van der Waals surface area contributed by atoms with Crippen LogP contribution in [0.3, 0.4) is 0 Å². The summed E-state index contributed by atoms with van der Waals surface area (Å²) in [5.74, 6) is -0.992. The maximum Gasteiger partial charge on any atom is 0.307 e. The normalized spacial score (nSPS) is 13.9. The van der Waals surface area contributed by atoms with Crippen molar-refractivity contribution in [3.05, 3.63) is 0 Å². The number of carboxylic acid groups (broad SMARTS) is 1. The molecule has 0 aromatic heterocycles.